The highest BCUT2D eigenvalue weighted by Gasteiger charge is 2.36. The number of esters is 1. The van der Waals surface area contributed by atoms with Gasteiger partial charge in [0.1, 0.15) is 5.57 Å². The van der Waals surface area contributed by atoms with Crippen LogP contribution in [0.4, 0.5) is 0 Å². The molecule has 0 saturated carbocycles. The summed E-state index contributed by atoms with van der Waals surface area (Å²) in [5.41, 5.74) is 0.321. The summed E-state index contributed by atoms with van der Waals surface area (Å²) in [4.78, 5) is 13.8. The van der Waals surface area contributed by atoms with Crippen LogP contribution in [0.3, 0.4) is 0 Å². The minimum Gasteiger partial charge on any atom is -0.520 e. The summed E-state index contributed by atoms with van der Waals surface area (Å²) >= 11 is 0. The summed E-state index contributed by atoms with van der Waals surface area (Å²) in [6.45, 7) is 34.5. The van der Waals surface area contributed by atoms with E-state index in [2.05, 4.69) is 98.2 Å². The van der Waals surface area contributed by atoms with Crippen molar-refractivity contribution in [2.75, 3.05) is 33.0 Å². The summed E-state index contributed by atoms with van der Waals surface area (Å²) < 4.78 is 61.8. The molecule has 0 aliphatic heterocycles. The zero-order chi connectivity index (χ0) is 38.0. The molecule has 49 heavy (non-hydrogen) atoms. The van der Waals surface area contributed by atoms with Crippen LogP contribution in [0.1, 0.15) is 6.42 Å². The van der Waals surface area contributed by atoms with Crippen LogP contribution < -0.4 is 0 Å². The predicted molar refractivity (Wildman–Crippen MR) is 229 cm³/mol. The zero-order valence-electron chi connectivity index (χ0n) is 34.2. The third kappa shape index (κ3) is 29.8. The lowest BCUT2D eigenvalue weighted by molar-refractivity contribution is -0.140. The Bertz CT molecular complexity index is 926. The van der Waals surface area contributed by atoms with Gasteiger partial charge in [0.2, 0.25) is 0 Å². The van der Waals surface area contributed by atoms with Crippen molar-refractivity contribution in [3.63, 3.8) is 0 Å². The molecular weight excluding hydrogens is 793 g/mol. The van der Waals surface area contributed by atoms with Crippen LogP contribution in [-0.2, 0) is 48.4 Å². The van der Waals surface area contributed by atoms with E-state index < -0.39 is 85.9 Å². The van der Waals surface area contributed by atoms with Gasteiger partial charge in [0.05, 0.1) is 13.2 Å². The predicted octanol–water partition coefficient (Wildman–Crippen LogP) is 4.18. The average molecular weight is 868 g/mol. The van der Waals surface area contributed by atoms with Gasteiger partial charge in [-0.3, -0.25) is 0 Å². The molecule has 0 aliphatic carbocycles. The van der Waals surface area contributed by atoms with Crippen molar-refractivity contribution >= 4 is 96.1 Å². The smallest absolute Gasteiger partial charge is 0.343 e. The van der Waals surface area contributed by atoms with Gasteiger partial charge in [-0.2, -0.15) is 0 Å². The molecule has 0 aromatic rings. The molecule has 11 nitrogen and oxygen atoms in total. The van der Waals surface area contributed by atoms with E-state index in [1.807, 2.05) is 0 Å². The van der Waals surface area contributed by atoms with E-state index in [0.29, 0.717) is 32.0 Å². The van der Waals surface area contributed by atoms with Crippen molar-refractivity contribution in [2.24, 2.45) is 0 Å². The molecule has 0 saturated heterocycles. The second-order valence-corrected chi connectivity index (χ2v) is 49.0. The van der Waals surface area contributed by atoms with Gasteiger partial charge >= 0.3 is 5.97 Å². The van der Waals surface area contributed by atoms with Gasteiger partial charge in [0.25, 0.3) is 52.6 Å². The van der Waals surface area contributed by atoms with E-state index in [-0.39, 0.29) is 12.6 Å². The van der Waals surface area contributed by atoms with Crippen molar-refractivity contribution in [1.82, 2.24) is 0 Å². The monoisotopic (exact) mass is 866 g/mol. The molecule has 0 spiro atoms. The van der Waals surface area contributed by atoms with Gasteiger partial charge < -0.3 is 43.6 Å². The third-order valence-corrected chi connectivity index (χ3v) is 27.3. The molecule has 0 radical (unpaired) electrons. The number of hydrogen-bond acceptors (Lipinski definition) is 11. The van der Waals surface area contributed by atoms with Crippen molar-refractivity contribution < 1.29 is 48.4 Å². The fraction of sp³-hybridized carbons (Fsp3) is 0.893. The molecule has 0 N–H and O–H groups in total. The van der Waals surface area contributed by atoms with E-state index in [9.17, 15) is 4.79 Å². The summed E-state index contributed by atoms with van der Waals surface area (Å²) in [6, 6.07) is 3.31. The Hall–Kier alpha value is 0.699. The van der Waals surface area contributed by atoms with Gasteiger partial charge in [-0.15, -0.1) is 0 Å². The normalized spacial score (nSPS) is 14.2. The SMILES string of the molecule is C[Si](C)(C)O[SiH2]OCC[Si](C)(C)OCC(C(=O)OCCC[SiH3])=C(O[Si](C)(C)CCO[SiH2]O[Si](C)(C)C)O[Si](C)(C)CCO[SiH2]O[Si](C)(C)C. The van der Waals surface area contributed by atoms with Crippen LogP contribution in [0.2, 0.25) is 122 Å². The van der Waals surface area contributed by atoms with Crippen molar-refractivity contribution in [2.45, 2.75) is 129 Å². The van der Waals surface area contributed by atoms with Gasteiger partial charge in [-0.05, 0) is 123 Å². The molecule has 0 heterocycles. The highest BCUT2D eigenvalue weighted by Crippen LogP contribution is 2.27. The molecule has 0 amide bonds. The molecule has 0 fully saturated rings. The number of carbonyl (C=O) groups excluding carboxylic acids is 1. The zero-order valence-corrected chi connectivity index (χ0v) is 46.4. The van der Waals surface area contributed by atoms with Gasteiger partial charge in [-0.25, -0.2) is 4.79 Å². The van der Waals surface area contributed by atoms with Crippen LogP contribution in [-0.4, -0.2) is 129 Å². The number of ether oxygens (including phenoxy) is 1. The lowest BCUT2D eigenvalue weighted by Gasteiger charge is -2.33. The van der Waals surface area contributed by atoms with E-state index in [1.54, 1.807) is 0 Å². The molecule has 0 unspecified atom stereocenters. The lowest BCUT2D eigenvalue weighted by Crippen LogP contribution is -2.40. The molecule has 0 atom stereocenters. The number of carbonyl (C=O) groups is 1. The first kappa shape index (κ1) is 49.7. The minimum atomic E-state index is -2.41. The Morgan fingerprint density at radius 1 is 0.551 bits per heavy atom. The molecule has 0 rings (SSSR count). The Balaban J connectivity index is 6.13. The fourth-order valence-electron chi connectivity index (χ4n) is 3.47. The van der Waals surface area contributed by atoms with E-state index in [1.165, 1.54) is 0 Å². The topological polar surface area (TPSA) is 109 Å². The van der Waals surface area contributed by atoms with E-state index >= 15 is 0 Å². The quantitative estimate of drug-likeness (QED) is 0.0356. The molecular formula is C28H74O11Si10. The Kier molecular flexibility index (Phi) is 23.8. The Labute approximate surface area is 316 Å². The van der Waals surface area contributed by atoms with Crippen LogP contribution >= 0.6 is 0 Å². The molecule has 21 heteroatoms. The first-order valence-electron chi connectivity index (χ1n) is 17.8. The molecule has 0 aromatic carbocycles. The molecule has 0 aliphatic rings. The average Bonchev–Trinajstić information content (AvgIpc) is 2.90. The summed E-state index contributed by atoms with van der Waals surface area (Å²) in [6.07, 6.45) is 0.839. The largest absolute Gasteiger partial charge is 0.520 e. The third-order valence-electron chi connectivity index (χ3n) is 6.84. The highest BCUT2D eigenvalue weighted by molar-refractivity contribution is 6.75. The lowest BCUT2D eigenvalue weighted by atomic mass is 10.3. The summed E-state index contributed by atoms with van der Waals surface area (Å²) in [5.74, 6) is -0.177. The van der Waals surface area contributed by atoms with Gasteiger partial charge in [0, 0.05) is 30.1 Å². The van der Waals surface area contributed by atoms with E-state index in [4.69, 9.17) is 43.6 Å². The van der Waals surface area contributed by atoms with Crippen LogP contribution in [0.15, 0.2) is 11.5 Å². The fourth-order valence-corrected chi connectivity index (χ4v) is 14.9. The van der Waals surface area contributed by atoms with Crippen molar-refractivity contribution in [3.05, 3.63) is 11.5 Å². The Morgan fingerprint density at radius 2 is 0.918 bits per heavy atom. The second kappa shape index (κ2) is 23.5. The number of hydrogen-bond donors (Lipinski definition) is 0. The van der Waals surface area contributed by atoms with Crippen LogP contribution in [0, 0.1) is 0 Å². The van der Waals surface area contributed by atoms with Gasteiger partial charge in [-0.1, -0.05) is 6.04 Å². The van der Waals surface area contributed by atoms with Crippen molar-refractivity contribution in [3.8, 4) is 0 Å². The van der Waals surface area contributed by atoms with Gasteiger partial charge in [0.15, 0.2) is 33.3 Å². The molecule has 0 aromatic heterocycles. The second-order valence-electron chi connectivity index (χ2n) is 17.1. The standard InChI is InChI=1S/C28H74O11Si10/c1-44(2,3)37-41-31-18-22-47(10,11)34-25-26(27(29)30-17-16-21-40)28(35-48(12,13)23-19-32-42-38-45(4,5)6)36-49(14,15)24-20-33-43-39-46(7,8)9/h16-25,41-43H2,1-15,40H3. The minimum absolute atomic E-state index is 0.0625. The summed E-state index contributed by atoms with van der Waals surface area (Å²) in [7, 11) is -13.9. The maximum Gasteiger partial charge on any atom is 0.343 e. The van der Waals surface area contributed by atoms with Crippen LogP contribution in [0.5, 0.6) is 0 Å². The van der Waals surface area contributed by atoms with E-state index in [0.717, 1.165) is 40.8 Å². The molecule has 0 bridgehead atoms. The molecule has 292 valence electrons. The summed E-state index contributed by atoms with van der Waals surface area (Å²) in [5, 5.41) is 0. The Morgan fingerprint density at radius 3 is 1.27 bits per heavy atom. The maximum absolute atomic E-state index is 13.8. The van der Waals surface area contributed by atoms with Crippen molar-refractivity contribution in [1.29, 1.82) is 0 Å². The first-order chi connectivity index (χ1) is 22.3. The first-order valence-corrected chi connectivity index (χ1v) is 42.3. The maximum atomic E-state index is 13.8. The number of rotatable bonds is 29. The highest BCUT2D eigenvalue weighted by atomic mass is 28.4. The van der Waals surface area contributed by atoms with Crippen LogP contribution in [0.25, 0.3) is 0 Å².